The van der Waals surface area contributed by atoms with E-state index in [0.29, 0.717) is 167 Å². The summed E-state index contributed by atoms with van der Waals surface area (Å²) in [6.07, 6.45) is 4.12. The van der Waals surface area contributed by atoms with Crippen LogP contribution in [0.25, 0.3) is 33.5 Å². The number of aromatic hydroxyl groups is 2. The van der Waals surface area contributed by atoms with Crippen LogP contribution in [-0.4, -0.2) is 303 Å². The first-order valence-corrected chi connectivity index (χ1v) is 46.5. The summed E-state index contributed by atoms with van der Waals surface area (Å²) in [5.41, 5.74) is 23.9. The van der Waals surface area contributed by atoms with Gasteiger partial charge in [-0.2, -0.15) is 29.9 Å². The summed E-state index contributed by atoms with van der Waals surface area (Å²) < 4.78 is 117. The van der Waals surface area contributed by atoms with E-state index in [1.807, 2.05) is 72.8 Å². The average molecular weight is 1980 g/mol. The Morgan fingerprint density at radius 2 is 0.650 bits per heavy atom. The number of anilines is 3. The molecule has 0 radical (unpaired) electrons. The van der Waals surface area contributed by atoms with E-state index in [2.05, 4.69) is 81.1 Å². The second-order valence-electron chi connectivity index (χ2n) is 32.4. The van der Waals surface area contributed by atoms with Crippen molar-refractivity contribution in [1.82, 2.24) is 81.1 Å². The number of rotatable bonds is 68. The number of carbonyl (C=O) groups excluding carboxylic acids is 5. The molecule has 0 aliphatic carbocycles. The second kappa shape index (κ2) is 55.4. The van der Waals surface area contributed by atoms with Gasteiger partial charge in [0, 0.05) is 73.3 Å². The SMILES string of the molecule is Nc1nc(OCc2ccc(COCCOCCOCCOCCNC(=O)CCOCC(COCCC(=O)NCCOCCOCCOCCOCc3ccc(COc4nc(N)nc5[nH]cnc45)cc3)(COCCC(=O)NCCOCCOCCOCCOCc3ccc(COc4nc(N)nc5[nH]cnc45)cc3)NC(=O)c3ccc4c(c3)C(=O)OC43c4ccc(O)cc4Oc4cc(O)ccc43)cc2)c2nc[nH]c2n1. The second-order valence-corrected chi connectivity index (χ2v) is 32.4. The highest BCUT2D eigenvalue weighted by Crippen LogP contribution is 2.57. The van der Waals surface area contributed by atoms with Crippen molar-refractivity contribution in [2.24, 2.45) is 0 Å². The molecular weight excluding hydrogens is 1860 g/mol. The lowest BCUT2D eigenvalue weighted by atomic mass is 9.77. The highest BCUT2D eigenvalue weighted by Gasteiger charge is 2.54. The van der Waals surface area contributed by atoms with E-state index < -0.39 is 23.0 Å². The zero-order valence-electron chi connectivity index (χ0n) is 78.8. The zero-order valence-corrected chi connectivity index (χ0v) is 78.8. The minimum absolute atomic E-state index is 0.0108. The number of hydrogen-bond acceptors (Lipinski definition) is 39. The molecule has 4 amide bonds. The molecule has 6 aromatic heterocycles. The first-order valence-electron chi connectivity index (χ1n) is 46.5. The Morgan fingerprint density at radius 3 is 0.979 bits per heavy atom. The Balaban J connectivity index is 0.509. The number of aromatic nitrogens is 12. The van der Waals surface area contributed by atoms with Gasteiger partial charge in [-0.1, -0.05) is 78.9 Å². The van der Waals surface area contributed by atoms with Gasteiger partial charge in [0.2, 0.25) is 53.2 Å². The summed E-state index contributed by atoms with van der Waals surface area (Å²) in [6.45, 7) is 7.33. The molecule has 143 heavy (non-hydrogen) atoms. The number of nitrogens with one attached hydrogen (secondary N) is 7. The van der Waals surface area contributed by atoms with Gasteiger partial charge in [-0.3, -0.25) is 19.2 Å². The Kier molecular flexibility index (Phi) is 40.6. The maximum atomic E-state index is 15.0. The molecule has 14 rings (SSSR count). The van der Waals surface area contributed by atoms with Crippen LogP contribution in [0.4, 0.5) is 17.8 Å². The zero-order chi connectivity index (χ0) is 99.5. The van der Waals surface area contributed by atoms with Gasteiger partial charge in [-0.25, -0.2) is 19.7 Å². The van der Waals surface area contributed by atoms with E-state index in [1.165, 1.54) is 55.4 Å². The molecule has 15 N–H and O–H groups in total. The van der Waals surface area contributed by atoms with E-state index in [9.17, 15) is 29.4 Å². The normalized spacial score (nSPS) is 12.5. The predicted octanol–water partition coefficient (Wildman–Crippen LogP) is 5.99. The Labute approximate surface area is 820 Å². The van der Waals surface area contributed by atoms with Crippen molar-refractivity contribution in [3.63, 3.8) is 0 Å². The van der Waals surface area contributed by atoms with Crippen molar-refractivity contribution in [2.45, 2.75) is 70.0 Å². The van der Waals surface area contributed by atoms with E-state index in [0.717, 1.165) is 33.4 Å². The van der Waals surface area contributed by atoms with Gasteiger partial charge in [0.1, 0.15) is 48.4 Å². The van der Waals surface area contributed by atoms with E-state index >= 15 is 4.79 Å². The molecule has 0 bridgehead atoms. The molecule has 46 nitrogen and oxygen atoms in total. The number of nitrogens with zero attached hydrogens (tertiary/aromatic N) is 9. The third kappa shape index (κ3) is 32.2. The number of amides is 4. The number of esters is 1. The highest BCUT2D eigenvalue weighted by molar-refractivity contribution is 6.02. The van der Waals surface area contributed by atoms with Crippen molar-refractivity contribution in [1.29, 1.82) is 0 Å². The molecule has 46 heteroatoms. The van der Waals surface area contributed by atoms with Gasteiger partial charge in [0.25, 0.3) is 5.91 Å². The number of hydrogen-bond donors (Lipinski definition) is 12. The summed E-state index contributed by atoms with van der Waals surface area (Å²) in [5.74, 6) is -1.47. The lowest BCUT2D eigenvalue weighted by Crippen LogP contribution is -2.58. The van der Waals surface area contributed by atoms with Gasteiger partial charge in [-0.05, 0) is 69.8 Å². The van der Waals surface area contributed by atoms with Crippen LogP contribution in [0.2, 0.25) is 0 Å². The van der Waals surface area contributed by atoms with Crippen molar-refractivity contribution in [2.75, 3.05) is 215 Å². The number of aromatic amines is 3. The molecule has 1 spiro atoms. The maximum absolute atomic E-state index is 15.0. The van der Waals surface area contributed by atoms with E-state index in [4.69, 9.17) is 112 Å². The number of ether oxygens (including phenoxy) is 20. The van der Waals surface area contributed by atoms with Gasteiger partial charge in [0.15, 0.2) is 39.1 Å². The number of carbonyl (C=O) groups is 5. The van der Waals surface area contributed by atoms with E-state index in [1.54, 1.807) is 18.2 Å². The molecule has 0 unspecified atom stereocenters. The Hall–Kier alpha value is -14.1. The third-order valence-corrected chi connectivity index (χ3v) is 21.8. The molecule has 0 fully saturated rings. The van der Waals surface area contributed by atoms with Gasteiger partial charge in [-0.15, -0.1) is 0 Å². The smallest absolute Gasteiger partial charge is 0.340 e. The number of nitrogens with two attached hydrogens (primary N) is 3. The molecule has 0 atom stereocenters. The fraction of sp³-hybridized carbons (Fsp3) is 0.423. The summed E-state index contributed by atoms with van der Waals surface area (Å²) in [6, 6.07) is 36.5. The summed E-state index contributed by atoms with van der Waals surface area (Å²) in [4.78, 5) is 115. The quantitative estimate of drug-likeness (QED) is 0.0154. The van der Waals surface area contributed by atoms with Crippen molar-refractivity contribution in [3.05, 3.63) is 208 Å². The number of nitrogen functional groups attached to an aromatic ring is 3. The molecular formula is C97H117N19O27. The fourth-order valence-corrected chi connectivity index (χ4v) is 14.7. The van der Waals surface area contributed by atoms with Crippen molar-refractivity contribution in [3.8, 4) is 40.6 Å². The third-order valence-electron chi connectivity index (χ3n) is 21.8. The number of phenolic OH excluding ortho intramolecular Hbond substituents is 2. The minimum Gasteiger partial charge on any atom is -0.508 e. The van der Waals surface area contributed by atoms with Gasteiger partial charge in [0.05, 0.1) is 223 Å². The number of imidazole rings is 3. The number of phenols is 2. The monoisotopic (exact) mass is 1980 g/mol. The molecule has 6 aromatic carbocycles. The van der Waals surface area contributed by atoms with Crippen LogP contribution in [-0.2, 0) is 135 Å². The van der Waals surface area contributed by atoms with Crippen LogP contribution in [0.5, 0.6) is 40.6 Å². The molecule has 762 valence electrons. The van der Waals surface area contributed by atoms with Crippen LogP contribution in [0, 0.1) is 0 Å². The van der Waals surface area contributed by atoms with E-state index in [-0.39, 0.29) is 228 Å². The largest absolute Gasteiger partial charge is 0.508 e. The molecule has 0 saturated heterocycles. The van der Waals surface area contributed by atoms with Gasteiger partial charge < -0.3 is 158 Å². The maximum Gasteiger partial charge on any atom is 0.340 e. The number of fused-ring (bicyclic) bond motifs is 9. The van der Waals surface area contributed by atoms with Crippen molar-refractivity contribution < 1.29 is 129 Å². The van der Waals surface area contributed by atoms with Gasteiger partial charge >= 0.3 is 5.97 Å². The van der Waals surface area contributed by atoms with Crippen LogP contribution in [0.3, 0.4) is 0 Å². The van der Waals surface area contributed by atoms with Crippen LogP contribution in [0.15, 0.2) is 146 Å². The lowest BCUT2D eigenvalue weighted by molar-refractivity contribution is -0.123. The fourth-order valence-electron chi connectivity index (χ4n) is 14.7. The number of benzene rings is 6. The number of H-pyrrole nitrogens is 3. The molecule has 2 aliphatic heterocycles. The summed E-state index contributed by atoms with van der Waals surface area (Å²) >= 11 is 0. The molecule has 12 aromatic rings. The topological polar surface area (TPSA) is 600 Å². The minimum atomic E-state index is -1.64. The van der Waals surface area contributed by atoms with Crippen LogP contribution >= 0.6 is 0 Å². The Morgan fingerprint density at radius 1 is 0.350 bits per heavy atom. The molecule has 2 aliphatic rings. The van der Waals surface area contributed by atoms with Crippen LogP contribution in [0.1, 0.15) is 90.0 Å². The van der Waals surface area contributed by atoms with Crippen molar-refractivity contribution >= 4 is 80.9 Å². The lowest BCUT2D eigenvalue weighted by Gasteiger charge is -2.36. The molecule has 0 saturated carbocycles. The van der Waals surface area contributed by atoms with Crippen LogP contribution < -0.4 is 57.4 Å². The average Bonchev–Trinajstić information content (AvgIpc) is 1.55. The summed E-state index contributed by atoms with van der Waals surface area (Å²) in [7, 11) is 0. The predicted molar refractivity (Wildman–Crippen MR) is 511 cm³/mol. The highest BCUT2D eigenvalue weighted by atomic mass is 16.6. The summed E-state index contributed by atoms with van der Waals surface area (Å²) in [5, 5.41) is 32.6. The molecule has 8 heterocycles. The first kappa shape index (κ1) is 105. The Bertz CT molecular complexity index is 5570. The standard InChI is InChI=1S/C97H117N19O27/c98-93-110-85-82(104-61-107-85)89(113-93)139-55-67-7-1-64(2-8-67)52-133-46-43-130-40-37-127-34-31-124-28-22-101-79(119)19-25-136-58-96(116-88(122)70-13-16-74-73(49-70)92(123)143-97(74)75-17-14-71(117)50-77(75)142-78-51-72(118)15-18-76(78)97,59-137-26-20-80(120)102-23-29-125-32-35-128-38-41-131-44-47-134-53-65-3-9-68(10-4-65)56-140-90-83-86(108-62-105-83)111-94(99)114-90)60-138-27-21-81(121)103-24-30-126-33-36-129-39-42-132-45-48-135-54-66-5-11-69(12-6-66)57-141-91-84-87(109-63-106-84)112-95(100)115-91/h1-18,49-51,61-63,117-118H,19-48,52-60H2,(H,101,119)(H,102,120)(H,103,121)(H,116,122)(H3,98,104,107,110,113)(H3,99,105,108,111,114)(H3,100,106,109,112,115). The first-order chi connectivity index (χ1) is 70.0.